The zero-order chi connectivity index (χ0) is 34.6. The molecule has 0 saturated carbocycles. The SMILES string of the molecule is O=P(c1ccccc1)(c1ccccc1)c1ccc(-c2cc3c(-c4ccccc4)nc4c5ccccc5c5ccccc5c4c3c3ccccc23)cc1. The lowest BCUT2D eigenvalue weighted by molar-refractivity contribution is 0.592. The number of nitrogens with zero attached hydrogens (tertiary/aromatic N) is 1. The van der Waals surface area contributed by atoms with Crippen LogP contribution in [0, 0.1) is 0 Å². The van der Waals surface area contributed by atoms with Crippen molar-refractivity contribution in [2.24, 2.45) is 0 Å². The summed E-state index contributed by atoms with van der Waals surface area (Å²) in [5, 5.41) is 13.1. The van der Waals surface area contributed by atoms with Crippen molar-refractivity contribution in [1.29, 1.82) is 0 Å². The fourth-order valence-corrected chi connectivity index (χ4v) is 10.8. The number of fused-ring (bicyclic) bond motifs is 10. The van der Waals surface area contributed by atoms with Gasteiger partial charge in [0.25, 0.3) is 0 Å². The van der Waals surface area contributed by atoms with Crippen LogP contribution in [-0.4, -0.2) is 4.98 Å². The molecule has 0 unspecified atom stereocenters. The molecule has 0 aliphatic heterocycles. The topological polar surface area (TPSA) is 30.0 Å². The fraction of sp³-hybridized carbons (Fsp3) is 0. The lowest BCUT2D eigenvalue weighted by Gasteiger charge is -2.21. The first-order valence-corrected chi connectivity index (χ1v) is 19.4. The number of rotatable bonds is 5. The standard InChI is InChI=1S/C49H32NOP/c51-52(35-18-6-2-7-19-35,36-20-8-3-9-21-36)37-30-28-33(29-31-37)44-32-45-46(41-25-13-11-24-40(41)44)47-42-26-14-10-22-38(42)39-23-12-15-27-43(39)49(47)50-48(45)34-16-4-1-5-17-34/h1-32H. The minimum atomic E-state index is -3.10. The van der Waals surface area contributed by atoms with E-state index < -0.39 is 7.14 Å². The third-order valence-electron chi connectivity index (χ3n) is 10.5. The summed E-state index contributed by atoms with van der Waals surface area (Å²) in [6.45, 7) is 0. The highest BCUT2D eigenvalue weighted by Gasteiger charge is 2.29. The van der Waals surface area contributed by atoms with E-state index in [0.29, 0.717) is 0 Å². The van der Waals surface area contributed by atoms with Gasteiger partial charge in [0.2, 0.25) is 0 Å². The van der Waals surface area contributed by atoms with Crippen molar-refractivity contribution in [2.45, 2.75) is 0 Å². The molecule has 1 heterocycles. The van der Waals surface area contributed by atoms with Crippen LogP contribution in [0.2, 0.25) is 0 Å². The number of aromatic nitrogens is 1. The molecule has 244 valence electrons. The molecule has 0 aliphatic rings. The second-order valence-corrected chi connectivity index (χ2v) is 16.1. The van der Waals surface area contributed by atoms with Gasteiger partial charge in [-0.3, -0.25) is 0 Å². The maximum absolute atomic E-state index is 15.2. The van der Waals surface area contributed by atoms with Gasteiger partial charge in [-0.15, -0.1) is 0 Å². The Morgan fingerprint density at radius 1 is 0.346 bits per heavy atom. The van der Waals surface area contributed by atoms with E-state index >= 15 is 4.57 Å². The molecule has 0 fully saturated rings. The van der Waals surface area contributed by atoms with Crippen LogP contribution in [0.15, 0.2) is 194 Å². The Hall–Kier alpha value is -6.34. The molecule has 9 aromatic carbocycles. The molecule has 10 aromatic rings. The summed E-state index contributed by atoms with van der Waals surface area (Å²) in [5.74, 6) is 0. The van der Waals surface area contributed by atoms with E-state index in [1.807, 2.05) is 60.7 Å². The van der Waals surface area contributed by atoms with Gasteiger partial charge in [-0.1, -0.05) is 188 Å². The molecular formula is C49H32NOP. The molecule has 0 radical (unpaired) electrons. The Labute approximate surface area is 302 Å². The van der Waals surface area contributed by atoms with E-state index in [2.05, 4.69) is 133 Å². The van der Waals surface area contributed by atoms with Crippen LogP contribution in [0.1, 0.15) is 0 Å². The number of pyridine rings is 1. The largest absolute Gasteiger partial charge is 0.309 e. The maximum Gasteiger partial charge on any atom is 0.171 e. The van der Waals surface area contributed by atoms with E-state index in [1.54, 1.807) is 0 Å². The van der Waals surface area contributed by atoms with E-state index in [-0.39, 0.29) is 0 Å². The molecule has 0 saturated heterocycles. The number of hydrogen-bond donors (Lipinski definition) is 0. The van der Waals surface area contributed by atoms with Crippen LogP contribution in [-0.2, 0) is 4.57 Å². The van der Waals surface area contributed by atoms with Crippen LogP contribution in [0.4, 0.5) is 0 Å². The summed E-state index contributed by atoms with van der Waals surface area (Å²) >= 11 is 0. The molecule has 52 heavy (non-hydrogen) atoms. The summed E-state index contributed by atoms with van der Waals surface area (Å²) in [6.07, 6.45) is 0. The monoisotopic (exact) mass is 681 g/mol. The highest BCUT2D eigenvalue weighted by molar-refractivity contribution is 7.85. The predicted octanol–water partition coefficient (Wildman–Crippen LogP) is 11.8. The third kappa shape index (κ3) is 4.65. The molecule has 1 aromatic heterocycles. The van der Waals surface area contributed by atoms with E-state index in [1.165, 1.54) is 37.7 Å². The molecule has 0 amide bonds. The molecule has 0 aliphatic carbocycles. The highest BCUT2D eigenvalue weighted by atomic mass is 31.2. The molecule has 0 N–H and O–H groups in total. The molecular weight excluding hydrogens is 650 g/mol. The average Bonchev–Trinajstić information content (AvgIpc) is 3.23. The highest BCUT2D eigenvalue weighted by Crippen LogP contribution is 2.47. The van der Waals surface area contributed by atoms with Crippen LogP contribution in [0.3, 0.4) is 0 Å². The first kappa shape index (κ1) is 30.5. The Bertz CT molecular complexity index is 2970. The van der Waals surface area contributed by atoms with E-state index in [0.717, 1.165) is 54.6 Å². The van der Waals surface area contributed by atoms with Crippen molar-refractivity contribution in [3.63, 3.8) is 0 Å². The normalized spacial score (nSPS) is 11.9. The van der Waals surface area contributed by atoms with Gasteiger partial charge in [-0.25, -0.2) is 4.98 Å². The summed E-state index contributed by atoms with van der Waals surface area (Å²) < 4.78 is 15.2. The fourth-order valence-electron chi connectivity index (χ4n) is 8.12. The minimum Gasteiger partial charge on any atom is -0.309 e. The molecule has 10 rings (SSSR count). The molecule has 0 atom stereocenters. The summed E-state index contributed by atoms with van der Waals surface area (Å²) in [7, 11) is -3.10. The molecule has 2 nitrogen and oxygen atoms in total. The minimum absolute atomic E-state index is 0.815. The smallest absolute Gasteiger partial charge is 0.171 e. The van der Waals surface area contributed by atoms with Crippen LogP contribution in [0.25, 0.3) is 76.4 Å². The molecule has 0 spiro atoms. The zero-order valence-electron chi connectivity index (χ0n) is 28.3. The number of hydrogen-bond acceptors (Lipinski definition) is 2. The van der Waals surface area contributed by atoms with Crippen molar-refractivity contribution in [3.8, 4) is 22.4 Å². The lowest BCUT2D eigenvalue weighted by atomic mass is 9.87. The van der Waals surface area contributed by atoms with Gasteiger partial charge in [0.05, 0.1) is 11.2 Å². The Balaban J connectivity index is 1.29. The molecule has 3 heteroatoms. The molecule has 0 bridgehead atoms. The number of benzene rings is 9. The second kappa shape index (κ2) is 12.2. The summed E-state index contributed by atoms with van der Waals surface area (Å²) in [6, 6.07) is 67.2. The predicted molar refractivity (Wildman–Crippen MR) is 222 cm³/mol. The van der Waals surface area contributed by atoms with Gasteiger partial charge in [0.15, 0.2) is 7.14 Å². The van der Waals surface area contributed by atoms with Crippen molar-refractivity contribution in [3.05, 3.63) is 194 Å². The van der Waals surface area contributed by atoms with Gasteiger partial charge in [-0.05, 0) is 44.1 Å². The van der Waals surface area contributed by atoms with Gasteiger partial charge >= 0.3 is 0 Å². The quantitative estimate of drug-likeness (QED) is 0.134. The summed E-state index contributed by atoms with van der Waals surface area (Å²) in [5.41, 5.74) is 5.24. The lowest BCUT2D eigenvalue weighted by Crippen LogP contribution is -2.24. The maximum atomic E-state index is 15.2. The van der Waals surface area contributed by atoms with Crippen LogP contribution < -0.4 is 15.9 Å². The first-order valence-electron chi connectivity index (χ1n) is 17.7. The summed E-state index contributed by atoms with van der Waals surface area (Å²) in [4.78, 5) is 5.57. The van der Waals surface area contributed by atoms with Gasteiger partial charge in [0.1, 0.15) is 0 Å². The third-order valence-corrected chi connectivity index (χ3v) is 13.6. The van der Waals surface area contributed by atoms with Crippen molar-refractivity contribution < 1.29 is 4.57 Å². The van der Waals surface area contributed by atoms with E-state index in [4.69, 9.17) is 4.98 Å². The zero-order valence-corrected chi connectivity index (χ0v) is 29.2. The van der Waals surface area contributed by atoms with E-state index in [9.17, 15) is 0 Å². The average molecular weight is 682 g/mol. The van der Waals surface area contributed by atoms with Crippen molar-refractivity contribution in [2.75, 3.05) is 0 Å². The second-order valence-electron chi connectivity index (χ2n) is 13.4. The van der Waals surface area contributed by atoms with Crippen LogP contribution in [0.5, 0.6) is 0 Å². The van der Waals surface area contributed by atoms with Crippen molar-refractivity contribution in [1.82, 2.24) is 4.98 Å². The first-order chi connectivity index (χ1) is 25.7. The Morgan fingerprint density at radius 3 is 1.38 bits per heavy atom. The Kier molecular flexibility index (Phi) is 7.13. The van der Waals surface area contributed by atoms with Gasteiger partial charge < -0.3 is 4.57 Å². The van der Waals surface area contributed by atoms with Crippen molar-refractivity contribution >= 4 is 77.0 Å². The Morgan fingerprint density at radius 2 is 0.788 bits per heavy atom. The van der Waals surface area contributed by atoms with Gasteiger partial charge in [0, 0.05) is 43.0 Å². The van der Waals surface area contributed by atoms with Crippen LogP contribution >= 0.6 is 7.14 Å². The van der Waals surface area contributed by atoms with Gasteiger partial charge in [-0.2, -0.15) is 0 Å².